The maximum absolute atomic E-state index is 5.72. The molecule has 0 radical (unpaired) electrons. The first-order valence-corrected chi connectivity index (χ1v) is 7.89. The van der Waals surface area contributed by atoms with E-state index in [-0.39, 0.29) is 0 Å². The third-order valence-corrected chi connectivity index (χ3v) is 4.07. The third kappa shape index (κ3) is 3.74. The van der Waals surface area contributed by atoms with Crippen LogP contribution in [0.15, 0.2) is 18.2 Å². The largest absolute Gasteiger partial charge is 0.491 e. The van der Waals surface area contributed by atoms with Gasteiger partial charge in [-0.05, 0) is 63.7 Å². The fourth-order valence-corrected chi connectivity index (χ4v) is 3.05. The Bertz CT molecular complexity index is 258. The van der Waals surface area contributed by atoms with E-state index in [0.29, 0.717) is 0 Å². The standard InChI is InChI=1S/C9H12I2OSi/c10-7-3-1-4-8(11)9(7)12-5-2-6-13/h1,3-4H,2,5-6H2,13H3. The number of halogens is 2. The topological polar surface area (TPSA) is 9.23 Å². The number of rotatable bonds is 4. The molecule has 0 heterocycles. The van der Waals surface area contributed by atoms with Crippen molar-refractivity contribution < 1.29 is 4.74 Å². The highest BCUT2D eigenvalue weighted by Gasteiger charge is 2.04. The van der Waals surface area contributed by atoms with Crippen molar-refractivity contribution in [3.8, 4) is 5.75 Å². The molecule has 0 bridgehead atoms. The summed E-state index contributed by atoms with van der Waals surface area (Å²) in [5, 5.41) is 0. The Morgan fingerprint density at radius 1 is 1.23 bits per heavy atom. The molecular weight excluding hydrogens is 406 g/mol. The first-order chi connectivity index (χ1) is 6.25. The summed E-state index contributed by atoms with van der Waals surface area (Å²) in [6.07, 6.45) is 1.19. The predicted octanol–water partition coefficient (Wildman–Crippen LogP) is 2.45. The monoisotopic (exact) mass is 418 g/mol. The molecule has 4 heteroatoms. The Morgan fingerprint density at radius 2 is 1.85 bits per heavy atom. The minimum atomic E-state index is 0.861. The van der Waals surface area contributed by atoms with Crippen molar-refractivity contribution in [2.45, 2.75) is 12.5 Å². The van der Waals surface area contributed by atoms with Crippen molar-refractivity contribution in [1.82, 2.24) is 0 Å². The van der Waals surface area contributed by atoms with Gasteiger partial charge in [0.2, 0.25) is 0 Å². The second kappa shape index (κ2) is 6.23. The van der Waals surface area contributed by atoms with Crippen LogP contribution in [-0.2, 0) is 0 Å². The fraction of sp³-hybridized carbons (Fsp3) is 0.333. The minimum absolute atomic E-state index is 0.861. The lowest BCUT2D eigenvalue weighted by Gasteiger charge is -2.09. The molecule has 0 spiro atoms. The molecule has 0 aliphatic carbocycles. The summed E-state index contributed by atoms with van der Waals surface area (Å²) in [5.74, 6) is 1.05. The van der Waals surface area contributed by atoms with E-state index in [1.807, 2.05) is 0 Å². The summed E-state index contributed by atoms with van der Waals surface area (Å²) in [5.41, 5.74) is 0. The Morgan fingerprint density at radius 3 is 2.38 bits per heavy atom. The zero-order valence-electron chi connectivity index (χ0n) is 7.52. The van der Waals surface area contributed by atoms with Gasteiger partial charge in [-0.1, -0.05) is 12.1 Å². The van der Waals surface area contributed by atoms with E-state index >= 15 is 0 Å². The first kappa shape index (κ1) is 11.8. The lowest BCUT2D eigenvalue weighted by Crippen LogP contribution is -2.00. The van der Waals surface area contributed by atoms with Gasteiger partial charge in [-0.3, -0.25) is 0 Å². The van der Waals surface area contributed by atoms with Gasteiger partial charge in [-0.25, -0.2) is 0 Å². The normalized spacial score (nSPS) is 10.3. The van der Waals surface area contributed by atoms with E-state index in [4.69, 9.17) is 4.74 Å². The van der Waals surface area contributed by atoms with E-state index in [0.717, 1.165) is 12.4 Å². The summed E-state index contributed by atoms with van der Waals surface area (Å²) in [6, 6.07) is 7.54. The van der Waals surface area contributed by atoms with E-state index in [1.165, 1.54) is 29.8 Å². The molecule has 0 amide bonds. The van der Waals surface area contributed by atoms with Crippen molar-refractivity contribution in [1.29, 1.82) is 0 Å². The van der Waals surface area contributed by atoms with Crippen LogP contribution in [0.1, 0.15) is 6.42 Å². The number of para-hydroxylation sites is 1. The highest BCUT2D eigenvalue weighted by molar-refractivity contribution is 14.1. The second-order valence-corrected chi connectivity index (χ2v) is 6.08. The Labute approximate surface area is 109 Å². The number of benzene rings is 1. The van der Waals surface area contributed by atoms with Crippen molar-refractivity contribution >= 4 is 55.4 Å². The quantitative estimate of drug-likeness (QED) is 0.415. The maximum Gasteiger partial charge on any atom is 0.145 e. The number of hydrogen-bond donors (Lipinski definition) is 0. The highest BCUT2D eigenvalue weighted by Crippen LogP contribution is 2.26. The number of ether oxygens (including phenoxy) is 1. The van der Waals surface area contributed by atoms with Crippen molar-refractivity contribution in [3.05, 3.63) is 25.3 Å². The van der Waals surface area contributed by atoms with Crippen LogP contribution in [0.5, 0.6) is 5.75 Å². The third-order valence-electron chi connectivity index (χ3n) is 1.66. The molecule has 13 heavy (non-hydrogen) atoms. The van der Waals surface area contributed by atoms with Crippen LogP contribution in [-0.4, -0.2) is 16.8 Å². The van der Waals surface area contributed by atoms with Crippen LogP contribution in [0.2, 0.25) is 6.04 Å². The van der Waals surface area contributed by atoms with E-state index in [1.54, 1.807) is 0 Å². The molecule has 0 atom stereocenters. The van der Waals surface area contributed by atoms with E-state index in [9.17, 15) is 0 Å². The first-order valence-electron chi connectivity index (χ1n) is 4.32. The number of hydrogen-bond acceptors (Lipinski definition) is 1. The van der Waals surface area contributed by atoms with E-state index in [2.05, 4.69) is 63.4 Å². The average molecular weight is 418 g/mol. The second-order valence-electron chi connectivity index (χ2n) is 2.75. The van der Waals surface area contributed by atoms with Gasteiger partial charge in [0.1, 0.15) is 5.75 Å². The molecule has 0 aliphatic heterocycles. The van der Waals surface area contributed by atoms with Crippen LogP contribution < -0.4 is 4.74 Å². The van der Waals surface area contributed by atoms with Crippen molar-refractivity contribution in [2.75, 3.05) is 6.61 Å². The Balaban J connectivity index is 2.64. The molecule has 0 saturated carbocycles. The van der Waals surface area contributed by atoms with Gasteiger partial charge in [-0.2, -0.15) is 0 Å². The highest BCUT2D eigenvalue weighted by atomic mass is 127. The van der Waals surface area contributed by atoms with Crippen molar-refractivity contribution in [2.24, 2.45) is 0 Å². The molecule has 0 saturated heterocycles. The molecule has 1 aromatic rings. The van der Waals surface area contributed by atoms with Crippen LogP contribution >= 0.6 is 45.2 Å². The van der Waals surface area contributed by atoms with Gasteiger partial charge in [0.05, 0.1) is 13.7 Å². The van der Waals surface area contributed by atoms with Gasteiger partial charge in [-0.15, -0.1) is 0 Å². The smallest absolute Gasteiger partial charge is 0.145 e. The summed E-state index contributed by atoms with van der Waals surface area (Å²) >= 11 is 4.63. The van der Waals surface area contributed by atoms with Crippen LogP contribution in [0, 0.1) is 7.14 Å². The molecule has 0 aromatic heterocycles. The predicted molar refractivity (Wildman–Crippen MR) is 76.7 cm³/mol. The van der Waals surface area contributed by atoms with Gasteiger partial charge in [0.25, 0.3) is 0 Å². The van der Waals surface area contributed by atoms with E-state index < -0.39 is 0 Å². The minimum Gasteiger partial charge on any atom is -0.491 e. The van der Waals surface area contributed by atoms with Gasteiger partial charge in [0, 0.05) is 10.2 Å². The fourth-order valence-electron chi connectivity index (χ4n) is 0.939. The summed E-state index contributed by atoms with van der Waals surface area (Å²) < 4.78 is 8.13. The van der Waals surface area contributed by atoms with Crippen LogP contribution in [0.3, 0.4) is 0 Å². The lowest BCUT2D eigenvalue weighted by molar-refractivity contribution is 0.313. The zero-order valence-corrected chi connectivity index (χ0v) is 13.8. The molecule has 1 nitrogen and oxygen atoms in total. The molecular formula is C9H12I2OSi. The Kier molecular flexibility index (Phi) is 5.64. The van der Waals surface area contributed by atoms with Gasteiger partial charge in [0.15, 0.2) is 0 Å². The summed E-state index contributed by atoms with van der Waals surface area (Å²) in [7, 11) is 1.28. The van der Waals surface area contributed by atoms with Gasteiger partial charge >= 0.3 is 0 Å². The molecule has 0 unspecified atom stereocenters. The Hall–Kier alpha value is 0.697. The zero-order chi connectivity index (χ0) is 9.68. The molecule has 1 rings (SSSR count). The molecule has 0 N–H and O–H groups in total. The molecule has 0 fully saturated rings. The summed E-state index contributed by atoms with van der Waals surface area (Å²) in [4.78, 5) is 0. The van der Waals surface area contributed by atoms with Crippen LogP contribution in [0.25, 0.3) is 0 Å². The molecule has 0 aliphatic rings. The molecule has 72 valence electrons. The molecule has 1 aromatic carbocycles. The summed E-state index contributed by atoms with van der Waals surface area (Å²) in [6.45, 7) is 0.861. The SMILES string of the molecule is [SiH3]CCCOc1c(I)cccc1I. The van der Waals surface area contributed by atoms with Crippen molar-refractivity contribution in [3.63, 3.8) is 0 Å². The maximum atomic E-state index is 5.72. The average Bonchev–Trinajstić information content (AvgIpc) is 2.10. The van der Waals surface area contributed by atoms with Gasteiger partial charge < -0.3 is 4.74 Å². The lowest BCUT2D eigenvalue weighted by atomic mass is 10.3. The van der Waals surface area contributed by atoms with Crippen LogP contribution in [0.4, 0.5) is 0 Å².